The molecule has 0 aliphatic heterocycles. The maximum absolute atomic E-state index is 10.7. The van der Waals surface area contributed by atoms with Gasteiger partial charge >= 0.3 is 5.69 Å². The minimum Gasteiger partial charge on any atom is -0.490 e. The Hall–Kier alpha value is -1.82. The number of rotatable bonds is 9. The van der Waals surface area contributed by atoms with Crippen LogP contribution in [0.4, 0.5) is 11.4 Å². The van der Waals surface area contributed by atoms with E-state index in [1.807, 2.05) is 0 Å². The molecule has 0 heterocycles. The molecule has 0 aliphatic carbocycles. The molecule has 0 aromatic heterocycles. The van der Waals surface area contributed by atoms with Crippen molar-refractivity contribution in [2.75, 3.05) is 32.2 Å². The normalized spacial score (nSPS) is 10.2. The van der Waals surface area contributed by atoms with Crippen molar-refractivity contribution in [1.82, 2.24) is 0 Å². The van der Waals surface area contributed by atoms with E-state index in [2.05, 4.69) is 12.2 Å². The monoisotopic (exact) mass is 268 g/mol. The molecule has 0 saturated heterocycles. The number of benzene rings is 1. The highest BCUT2D eigenvalue weighted by Crippen LogP contribution is 2.29. The van der Waals surface area contributed by atoms with Crippen molar-refractivity contribution >= 4 is 11.4 Å². The highest BCUT2D eigenvalue weighted by molar-refractivity contribution is 5.57. The summed E-state index contributed by atoms with van der Waals surface area (Å²) in [5.74, 6) is 0.261. The first-order valence-corrected chi connectivity index (χ1v) is 6.33. The molecule has 0 amide bonds. The second kappa shape index (κ2) is 8.31. The quantitative estimate of drug-likeness (QED) is 0.423. The lowest BCUT2D eigenvalue weighted by Gasteiger charge is -2.08. The summed E-state index contributed by atoms with van der Waals surface area (Å²) in [4.78, 5) is 10.3. The Kier molecular flexibility index (Phi) is 6.67. The summed E-state index contributed by atoms with van der Waals surface area (Å²) in [6.45, 7) is 4.32. The zero-order chi connectivity index (χ0) is 14.1. The van der Waals surface area contributed by atoms with E-state index in [0.29, 0.717) is 6.61 Å². The van der Waals surface area contributed by atoms with Gasteiger partial charge in [-0.1, -0.05) is 6.92 Å². The summed E-state index contributed by atoms with van der Waals surface area (Å²) in [5.41, 5.74) is 0.775. The molecule has 1 rings (SSSR count). The molecule has 0 atom stereocenters. The molecule has 0 unspecified atom stereocenters. The van der Waals surface area contributed by atoms with Crippen molar-refractivity contribution in [1.29, 1.82) is 0 Å². The fraction of sp³-hybridized carbons (Fsp3) is 0.538. The Morgan fingerprint density at radius 2 is 2.16 bits per heavy atom. The summed E-state index contributed by atoms with van der Waals surface area (Å²) in [5, 5.41) is 13.9. The standard InChI is InChI=1S/C13H20N2O4/c1-3-8-19-9-4-7-14-11-5-6-12(15(16)17)13(10-11)18-2/h5-6,10,14H,3-4,7-9H2,1-2H3. The molecule has 19 heavy (non-hydrogen) atoms. The average molecular weight is 268 g/mol. The van der Waals surface area contributed by atoms with E-state index in [0.717, 1.165) is 31.7 Å². The van der Waals surface area contributed by atoms with Crippen LogP contribution >= 0.6 is 0 Å². The van der Waals surface area contributed by atoms with Gasteiger partial charge in [0.05, 0.1) is 12.0 Å². The van der Waals surface area contributed by atoms with Crippen molar-refractivity contribution in [3.63, 3.8) is 0 Å². The Balaban J connectivity index is 2.44. The fourth-order valence-electron chi connectivity index (χ4n) is 1.59. The first kappa shape index (κ1) is 15.2. The van der Waals surface area contributed by atoms with Gasteiger partial charge in [-0.3, -0.25) is 10.1 Å². The molecule has 0 fully saturated rings. The zero-order valence-corrected chi connectivity index (χ0v) is 11.3. The zero-order valence-electron chi connectivity index (χ0n) is 11.3. The van der Waals surface area contributed by atoms with Crippen molar-refractivity contribution in [3.8, 4) is 5.75 Å². The number of hydrogen-bond donors (Lipinski definition) is 1. The summed E-state index contributed by atoms with van der Waals surface area (Å²) in [6, 6.07) is 4.74. The topological polar surface area (TPSA) is 73.6 Å². The Morgan fingerprint density at radius 1 is 1.37 bits per heavy atom. The number of nitrogens with one attached hydrogen (secondary N) is 1. The van der Waals surface area contributed by atoms with Crippen LogP contribution in [0.3, 0.4) is 0 Å². The van der Waals surface area contributed by atoms with E-state index in [4.69, 9.17) is 9.47 Å². The van der Waals surface area contributed by atoms with Gasteiger partial charge in [-0.2, -0.15) is 0 Å². The van der Waals surface area contributed by atoms with Gasteiger partial charge in [0.15, 0.2) is 5.75 Å². The molecular formula is C13H20N2O4. The van der Waals surface area contributed by atoms with Crippen LogP contribution in [-0.4, -0.2) is 31.8 Å². The van der Waals surface area contributed by atoms with Crippen LogP contribution < -0.4 is 10.1 Å². The molecule has 106 valence electrons. The Labute approximate surface area is 112 Å². The van der Waals surface area contributed by atoms with Crippen LogP contribution in [0, 0.1) is 10.1 Å². The van der Waals surface area contributed by atoms with Gasteiger partial charge < -0.3 is 14.8 Å². The van der Waals surface area contributed by atoms with Crippen molar-refractivity contribution in [3.05, 3.63) is 28.3 Å². The molecule has 0 saturated carbocycles. The van der Waals surface area contributed by atoms with Gasteiger partial charge in [-0.15, -0.1) is 0 Å². The van der Waals surface area contributed by atoms with Crippen molar-refractivity contribution in [2.45, 2.75) is 19.8 Å². The predicted molar refractivity (Wildman–Crippen MR) is 73.9 cm³/mol. The van der Waals surface area contributed by atoms with Crippen LogP contribution in [0.5, 0.6) is 5.75 Å². The van der Waals surface area contributed by atoms with Crippen LogP contribution in [0.25, 0.3) is 0 Å². The molecular weight excluding hydrogens is 248 g/mol. The third-order valence-electron chi connectivity index (χ3n) is 2.52. The molecule has 1 aromatic rings. The van der Waals surface area contributed by atoms with Gasteiger partial charge in [-0.05, 0) is 18.9 Å². The highest BCUT2D eigenvalue weighted by atomic mass is 16.6. The number of anilines is 1. The number of hydrogen-bond acceptors (Lipinski definition) is 5. The van der Waals surface area contributed by atoms with E-state index < -0.39 is 4.92 Å². The molecule has 1 aromatic carbocycles. The van der Waals surface area contributed by atoms with Crippen LogP contribution in [0.1, 0.15) is 19.8 Å². The van der Waals surface area contributed by atoms with Crippen LogP contribution in [-0.2, 0) is 4.74 Å². The summed E-state index contributed by atoms with van der Waals surface area (Å²) in [6.07, 6.45) is 1.91. The van der Waals surface area contributed by atoms with Crippen LogP contribution in [0.15, 0.2) is 18.2 Å². The largest absolute Gasteiger partial charge is 0.490 e. The lowest BCUT2D eigenvalue weighted by Crippen LogP contribution is -2.06. The second-order valence-electron chi connectivity index (χ2n) is 4.04. The first-order chi connectivity index (χ1) is 9.19. The van der Waals surface area contributed by atoms with Gasteiger partial charge in [-0.25, -0.2) is 0 Å². The van der Waals surface area contributed by atoms with Gasteiger partial charge in [0.1, 0.15) is 0 Å². The average Bonchev–Trinajstić information content (AvgIpc) is 2.42. The van der Waals surface area contributed by atoms with E-state index in [1.54, 1.807) is 12.1 Å². The summed E-state index contributed by atoms with van der Waals surface area (Å²) in [7, 11) is 1.42. The SMILES string of the molecule is CCCOCCCNc1ccc([N+](=O)[O-])c(OC)c1. The number of nitrogens with zero attached hydrogens (tertiary/aromatic N) is 1. The summed E-state index contributed by atoms with van der Waals surface area (Å²) >= 11 is 0. The number of nitro groups is 1. The third-order valence-corrected chi connectivity index (χ3v) is 2.52. The van der Waals surface area contributed by atoms with E-state index in [9.17, 15) is 10.1 Å². The van der Waals surface area contributed by atoms with Gasteiger partial charge in [0.2, 0.25) is 0 Å². The molecule has 0 bridgehead atoms. The number of nitro benzene ring substituents is 1. The van der Waals surface area contributed by atoms with E-state index >= 15 is 0 Å². The minimum absolute atomic E-state index is 0.0284. The first-order valence-electron chi connectivity index (χ1n) is 6.33. The molecule has 0 aliphatic rings. The second-order valence-corrected chi connectivity index (χ2v) is 4.04. The number of ether oxygens (including phenoxy) is 2. The van der Waals surface area contributed by atoms with E-state index in [1.165, 1.54) is 13.2 Å². The van der Waals surface area contributed by atoms with Crippen molar-refractivity contribution < 1.29 is 14.4 Å². The minimum atomic E-state index is -0.457. The van der Waals surface area contributed by atoms with Gasteiger partial charge in [0.25, 0.3) is 0 Å². The molecule has 0 spiro atoms. The fourth-order valence-corrected chi connectivity index (χ4v) is 1.59. The third kappa shape index (κ3) is 5.13. The highest BCUT2D eigenvalue weighted by Gasteiger charge is 2.14. The molecule has 6 heteroatoms. The molecule has 1 N–H and O–H groups in total. The lowest BCUT2D eigenvalue weighted by atomic mass is 10.2. The number of methoxy groups -OCH3 is 1. The smallest absolute Gasteiger partial charge is 0.311 e. The molecule has 0 radical (unpaired) electrons. The van der Waals surface area contributed by atoms with E-state index in [-0.39, 0.29) is 11.4 Å². The summed E-state index contributed by atoms with van der Waals surface area (Å²) < 4.78 is 10.4. The maximum atomic E-state index is 10.7. The van der Waals surface area contributed by atoms with Gasteiger partial charge in [0, 0.05) is 37.6 Å². The molecule has 6 nitrogen and oxygen atoms in total. The maximum Gasteiger partial charge on any atom is 0.311 e. The Bertz CT molecular complexity index is 410. The van der Waals surface area contributed by atoms with Crippen LogP contribution in [0.2, 0.25) is 0 Å². The lowest BCUT2D eigenvalue weighted by molar-refractivity contribution is -0.385. The Morgan fingerprint density at radius 3 is 2.79 bits per heavy atom. The van der Waals surface area contributed by atoms with Crippen molar-refractivity contribution in [2.24, 2.45) is 0 Å². The predicted octanol–water partition coefficient (Wildman–Crippen LogP) is 2.83.